The summed E-state index contributed by atoms with van der Waals surface area (Å²) in [5.41, 5.74) is 5.38. The zero-order chi connectivity index (χ0) is 9.80. The molecule has 0 fully saturated rings. The van der Waals surface area contributed by atoms with Gasteiger partial charge in [0.25, 0.3) is 0 Å². The minimum absolute atomic E-state index is 0.300. The van der Waals surface area contributed by atoms with Gasteiger partial charge in [-0.2, -0.15) is 4.98 Å². The predicted octanol–water partition coefficient (Wildman–Crippen LogP) is 1.68. The fourth-order valence-corrected chi connectivity index (χ4v) is 1.83. The molecule has 0 spiro atoms. The van der Waals surface area contributed by atoms with Crippen LogP contribution in [0.1, 0.15) is 5.82 Å². The van der Waals surface area contributed by atoms with Crippen molar-refractivity contribution in [1.29, 1.82) is 0 Å². The Morgan fingerprint density at radius 2 is 2.07 bits per heavy atom. The highest BCUT2D eigenvalue weighted by atomic mass is 32.2. The van der Waals surface area contributed by atoms with E-state index in [0.29, 0.717) is 5.95 Å². The Hall–Kier alpha value is -1.49. The maximum Gasteiger partial charge on any atom is 0.239 e. The third-order valence-electron chi connectivity index (χ3n) is 1.67. The van der Waals surface area contributed by atoms with E-state index in [4.69, 9.17) is 5.73 Å². The molecule has 14 heavy (non-hydrogen) atoms. The van der Waals surface area contributed by atoms with Crippen molar-refractivity contribution < 1.29 is 0 Å². The fourth-order valence-electron chi connectivity index (χ4n) is 1.04. The predicted molar refractivity (Wildman–Crippen MR) is 56.8 cm³/mol. The number of nitrogens with zero attached hydrogens (tertiary/aromatic N) is 2. The Labute approximate surface area is 85.9 Å². The molecular weight excluding hydrogens is 196 g/mol. The number of nitrogen functional groups attached to an aromatic ring is 1. The summed E-state index contributed by atoms with van der Waals surface area (Å²) < 4.78 is 0. The first kappa shape index (κ1) is 9.08. The quantitative estimate of drug-likeness (QED) is 0.750. The molecule has 0 atom stereocenters. The van der Waals surface area contributed by atoms with Crippen molar-refractivity contribution in [2.75, 3.05) is 5.73 Å². The molecule has 0 saturated carbocycles. The molecule has 1 aromatic heterocycles. The molecule has 4 nitrogen and oxygen atoms in total. The number of benzene rings is 1. The minimum Gasteiger partial charge on any atom is -0.367 e. The van der Waals surface area contributed by atoms with E-state index >= 15 is 0 Å². The van der Waals surface area contributed by atoms with E-state index < -0.39 is 0 Å². The molecule has 0 aliphatic rings. The second-order valence-electron chi connectivity index (χ2n) is 2.74. The highest BCUT2D eigenvalue weighted by molar-refractivity contribution is 7.98. The van der Waals surface area contributed by atoms with Gasteiger partial charge in [0.2, 0.25) is 5.95 Å². The van der Waals surface area contributed by atoms with Crippen molar-refractivity contribution in [3.05, 3.63) is 36.2 Å². The molecule has 0 radical (unpaired) electrons. The molecule has 0 unspecified atom stereocenters. The van der Waals surface area contributed by atoms with Crippen LogP contribution in [-0.4, -0.2) is 15.2 Å². The molecule has 1 heterocycles. The van der Waals surface area contributed by atoms with Crippen LogP contribution in [0.2, 0.25) is 0 Å². The average molecular weight is 206 g/mol. The van der Waals surface area contributed by atoms with Crippen LogP contribution in [-0.2, 0) is 5.75 Å². The third kappa shape index (κ3) is 2.26. The summed E-state index contributed by atoms with van der Waals surface area (Å²) in [6.45, 7) is 0. The molecule has 2 rings (SSSR count). The maximum absolute atomic E-state index is 5.38. The monoisotopic (exact) mass is 206 g/mol. The molecule has 0 saturated heterocycles. The molecule has 0 bridgehead atoms. The average Bonchev–Trinajstić information content (AvgIpc) is 2.63. The summed E-state index contributed by atoms with van der Waals surface area (Å²) in [4.78, 5) is 5.23. The molecular formula is C9H10N4S. The summed E-state index contributed by atoms with van der Waals surface area (Å²) >= 11 is 1.70. The van der Waals surface area contributed by atoms with E-state index in [1.807, 2.05) is 18.2 Å². The van der Waals surface area contributed by atoms with Crippen LogP contribution in [0.25, 0.3) is 0 Å². The largest absolute Gasteiger partial charge is 0.367 e. The van der Waals surface area contributed by atoms with Gasteiger partial charge in [-0.15, -0.1) is 16.9 Å². The lowest BCUT2D eigenvalue weighted by Gasteiger charge is -1.96. The van der Waals surface area contributed by atoms with Gasteiger partial charge >= 0.3 is 0 Å². The smallest absolute Gasteiger partial charge is 0.239 e. The molecule has 5 heteroatoms. The van der Waals surface area contributed by atoms with Crippen LogP contribution in [0.4, 0.5) is 5.95 Å². The summed E-state index contributed by atoms with van der Waals surface area (Å²) in [7, 11) is 0. The van der Waals surface area contributed by atoms with Gasteiger partial charge in [-0.25, -0.2) is 0 Å². The van der Waals surface area contributed by atoms with Gasteiger partial charge in [0.1, 0.15) is 5.82 Å². The number of aromatic amines is 1. The van der Waals surface area contributed by atoms with Crippen LogP contribution < -0.4 is 5.73 Å². The number of nitrogens with two attached hydrogens (primary N) is 1. The van der Waals surface area contributed by atoms with Crippen molar-refractivity contribution in [1.82, 2.24) is 15.2 Å². The number of rotatable bonds is 3. The standard InChI is InChI=1S/C9H10N4S/c10-9-11-8(12-13-9)6-14-7-4-2-1-3-5-7/h1-5H,6H2,(H3,10,11,12,13). The first-order chi connectivity index (χ1) is 6.84. The second kappa shape index (κ2) is 4.15. The van der Waals surface area contributed by atoms with Crippen molar-refractivity contribution in [3.63, 3.8) is 0 Å². The zero-order valence-corrected chi connectivity index (χ0v) is 8.29. The maximum atomic E-state index is 5.38. The van der Waals surface area contributed by atoms with Crippen LogP contribution in [0.3, 0.4) is 0 Å². The number of H-pyrrole nitrogens is 1. The molecule has 0 aliphatic carbocycles. The van der Waals surface area contributed by atoms with Gasteiger partial charge in [-0.05, 0) is 12.1 Å². The first-order valence-corrected chi connectivity index (χ1v) is 5.18. The topological polar surface area (TPSA) is 67.6 Å². The Balaban J connectivity index is 1.95. The van der Waals surface area contributed by atoms with E-state index in [0.717, 1.165) is 11.6 Å². The Morgan fingerprint density at radius 1 is 1.29 bits per heavy atom. The van der Waals surface area contributed by atoms with Crippen molar-refractivity contribution in [2.24, 2.45) is 0 Å². The third-order valence-corrected chi connectivity index (χ3v) is 2.69. The number of hydrogen-bond donors (Lipinski definition) is 2. The molecule has 2 aromatic rings. The summed E-state index contributed by atoms with van der Waals surface area (Å²) in [6, 6.07) is 10.1. The van der Waals surface area contributed by atoms with E-state index in [1.165, 1.54) is 4.90 Å². The summed E-state index contributed by atoms with van der Waals surface area (Å²) in [6.07, 6.45) is 0. The summed E-state index contributed by atoms with van der Waals surface area (Å²) in [5, 5.41) is 6.53. The van der Waals surface area contributed by atoms with Crippen molar-refractivity contribution in [2.45, 2.75) is 10.6 Å². The van der Waals surface area contributed by atoms with E-state index in [2.05, 4.69) is 27.3 Å². The molecule has 1 aromatic carbocycles. The van der Waals surface area contributed by atoms with Gasteiger partial charge < -0.3 is 5.73 Å². The van der Waals surface area contributed by atoms with Crippen LogP contribution in [0.15, 0.2) is 35.2 Å². The van der Waals surface area contributed by atoms with Crippen LogP contribution >= 0.6 is 11.8 Å². The van der Waals surface area contributed by atoms with Gasteiger partial charge in [-0.1, -0.05) is 18.2 Å². The molecule has 0 amide bonds. The highest BCUT2D eigenvalue weighted by Gasteiger charge is 1.99. The van der Waals surface area contributed by atoms with E-state index in [9.17, 15) is 0 Å². The van der Waals surface area contributed by atoms with Gasteiger partial charge in [0.05, 0.1) is 5.75 Å². The normalized spacial score (nSPS) is 10.3. The molecule has 0 aliphatic heterocycles. The molecule has 3 N–H and O–H groups in total. The van der Waals surface area contributed by atoms with Gasteiger partial charge in [0.15, 0.2) is 0 Å². The Kier molecular flexibility index (Phi) is 2.69. The van der Waals surface area contributed by atoms with Crippen LogP contribution in [0.5, 0.6) is 0 Å². The number of anilines is 1. The van der Waals surface area contributed by atoms with Gasteiger partial charge in [-0.3, -0.25) is 5.10 Å². The van der Waals surface area contributed by atoms with Crippen molar-refractivity contribution in [3.8, 4) is 0 Å². The highest BCUT2D eigenvalue weighted by Crippen LogP contribution is 2.20. The number of hydrogen-bond acceptors (Lipinski definition) is 4. The molecule has 72 valence electrons. The lowest BCUT2D eigenvalue weighted by molar-refractivity contribution is 1.03. The summed E-state index contributed by atoms with van der Waals surface area (Å²) in [5.74, 6) is 1.86. The first-order valence-electron chi connectivity index (χ1n) is 4.19. The fraction of sp³-hybridized carbons (Fsp3) is 0.111. The lowest BCUT2D eigenvalue weighted by Crippen LogP contribution is -1.86. The zero-order valence-electron chi connectivity index (χ0n) is 7.47. The SMILES string of the molecule is Nc1n[nH]c(CSc2ccccc2)n1. The van der Waals surface area contributed by atoms with Crippen molar-refractivity contribution >= 4 is 17.7 Å². The Morgan fingerprint density at radius 3 is 2.71 bits per heavy atom. The van der Waals surface area contributed by atoms with Gasteiger partial charge in [0, 0.05) is 4.90 Å². The van der Waals surface area contributed by atoms with E-state index in [-0.39, 0.29) is 0 Å². The minimum atomic E-state index is 0.300. The second-order valence-corrected chi connectivity index (χ2v) is 3.79. The van der Waals surface area contributed by atoms with Crippen LogP contribution in [0, 0.1) is 0 Å². The number of aromatic nitrogens is 3. The number of thioether (sulfide) groups is 1. The number of nitrogens with one attached hydrogen (secondary N) is 1. The lowest BCUT2D eigenvalue weighted by atomic mass is 10.4. The van der Waals surface area contributed by atoms with E-state index in [1.54, 1.807) is 11.8 Å². The Bertz CT molecular complexity index is 398.